The van der Waals surface area contributed by atoms with Crippen molar-refractivity contribution >= 4 is 11.8 Å². The van der Waals surface area contributed by atoms with Crippen LogP contribution in [0, 0.1) is 0 Å². The molecule has 4 heteroatoms. The number of benzene rings is 1. The molecule has 0 radical (unpaired) electrons. The van der Waals surface area contributed by atoms with E-state index < -0.39 is 17.7 Å². The van der Waals surface area contributed by atoms with Crippen molar-refractivity contribution in [3.05, 3.63) is 42.2 Å². The summed E-state index contributed by atoms with van der Waals surface area (Å²) in [5, 5.41) is 9.70. The molecular formula is C15H19NO3. The van der Waals surface area contributed by atoms with Crippen LogP contribution < -0.4 is 4.90 Å². The van der Waals surface area contributed by atoms with Crippen LogP contribution in [0.1, 0.15) is 26.3 Å². The number of aliphatic hydroxyl groups is 1. The lowest BCUT2D eigenvalue weighted by molar-refractivity contribution is 0.0568. The van der Waals surface area contributed by atoms with Gasteiger partial charge in [0, 0.05) is 6.42 Å². The van der Waals surface area contributed by atoms with Gasteiger partial charge in [-0.05, 0) is 32.4 Å². The van der Waals surface area contributed by atoms with Gasteiger partial charge in [0.15, 0.2) is 0 Å². The van der Waals surface area contributed by atoms with Gasteiger partial charge in [-0.3, -0.25) is 4.90 Å². The van der Waals surface area contributed by atoms with Gasteiger partial charge < -0.3 is 9.84 Å². The summed E-state index contributed by atoms with van der Waals surface area (Å²) >= 11 is 0. The SMILES string of the molecule is C=C(O)C1Cc2ccccc2N1C(=O)OC(C)(C)C. The smallest absolute Gasteiger partial charge is 0.415 e. The zero-order chi connectivity index (χ0) is 14.2. The minimum atomic E-state index is -0.573. The van der Waals surface area contributed by atoms with Gasteiger partial charge in [0.25, 0.3) is 0 Å². The Bertz CT molecular complexity index is 516. The highest BCUT2D eigenvalue weighted by molar-refractivity contribution is 5.92. The zero-order valence-electron chi connectivity index (χ0n) is 11.5. The summed E-state index contributed by atoms with van der Waals surface area (Å²) in [4.78, 5) is 13.8. The predicted molar refractivity (Wildman–Crippen MR) is 74.4 cm³/mol. The number of rotatable bonds is 1. The fourth-order valence-corrected chi connectivity index (χ4v) is 2.19. The molecule has 0 saturated carbocycles. The monoisotopic (exact) mass is 261 g/mol. The van der Waals surface area contributed by atoms with Crippen LogP contribution >= 0.6 is 0 Å². The summed E-state index contributed by atoms with van der Waals surface area (Å²) in [6.07, 6.45) is 0.0998. The van der Waals surface area contributed by atoms with E-state index in [-0.39, 0.29) is 5.76 Å². The molecule has 0 spiro atoms. The normalized spacial score (nSPS) is 18.1. The molecule has 1 amide bonds. The molecule has 1 atom stereocenters. The van der Waals surface area contributed by atoms with Crippen LogP contribution in [0.4, 0.5) is 10.5 Å². The van der Waals surface area contributed by atoms with Gasteiger partial charge in [0.2, 0.25) is 0 Å². The van der Waals surface area contributed by atoms with Crippen molar-refractivity contribution in [2.24, 2.45) is 0 Å². The van der Waals surface area contributed by atoms with Gasteiger partial charge in [-0.25, -0.2) is 4.79 Å². The second-order valence-corrected chi connectivity index (χ2v) is 5.69. The number of hydrogen-bond donors (Lipinski definition) is 1. The minimum Gasteiger partial charge on any atom is -0.511 e. The molecule has 0 saturated heterocycles. The molecule has 19 heavy (non-hydrogen) atoms. The molecule has 1 N–H and O–H groups in total. The van der Waals surface area contributed by atoms with E-state index in [0.29, 0.717) is 6.42 Å². The molecule has 4 nitrogen and oxygen atoms in total. The highest BCUT2D eigenvalue weighted by Crippen LogP contribution is 2.35. The van der Waals surface area contributed by atoms with Crippen LogP contribution in [0.3, 0.4) is 0 Å². The number of fused-ring (bicyclic) bond motifs is 1. The largest absolute Gasteiger partial charge is 0.511 e. The van der Waals surface area contributed by atoms with E-state index in [4.69, 9.17) is 4.74 Å². The molecule has 1 unspecified atom stereocenters. The molecule has 0 aliphatic carbocycles. The fourth-order valence-electron chi connectivity index (χ4n) is 2.19. The Hall–Kier alpha value is -1.97. The third kappa shape index (κ3) is 2.72. The Balaban J connectivity index is 2.34. The van der Waals surface area contributed by atoms with Crippen molar-refractivity contribution in [3.8, 4) is 0 Å². The molecule has 1 heterocycles. The van der Waals surface area contributed by atoms with Crippen molar-refractivity contribution in [1.82, 2.24) is 0 Å². The average molecular weight is 261 g/mol. The van der Waals surface area contributed by atoms with Gasteiger partial charge in [-0.1, -0.05) is 24.8 Å². The summed E-state index contributed by atoms with van der Waals surface area (Å²) in [5.74, 6) is -0.0259. The number of nitrogens with zero attached hydrogens (tertiary/aromatic N) is 1. The first kappa shape index (κ1) is 13.5. The maximum Gasteiger partial charge on any atom is 0.415 e. The highest BCUT2D eigenvalue weighted by atomic mass is 16.6. The van der Waals surface area contributed by atoms with Crippen LogP contribution in [-0.2, 0) is 11.2 Å². The van der Waals surface area contributed by atoms with Crippen LogP contribution in [0.25, 0.3) is 0 Å². The number of carbonyl (C=O) groups excluding carboxylic acids is 1. The van der Waals surface area contributed by atoms with Crippen molar-refractivity contribution in [2.45, 2.75) is 38.8 Å². The summed E-state index contributed by atoms with van der Waals surface area (Å²) in [6.45, 7) is 9.00. The van der Waals surface area contributed by atoms with E-state index in [2.05, 4.69) is 6.58 Å². The summed E-state index contributed by atoms with van der Waals surface area (Å²) in [7, 11) is 0. The van der Waals surface area contributed by atoms with Crippen LogP contribution in [0.2, 0.25) is 0 Å². The van der Waals surface area contributed by atoms with Crippen molar-refractivity contribution in [2.75, 3.05) is 4.90 Å². The number of amides is 1. The standard InChI is InChI=1S/C15H19NO3/c1-10(17)13-9-11-7-5-6-8-12(11)16(13)14(18)19-15(2,3)4/h5-8,13,17H,1,9H2,2-4H3. The van der Waals surface area contributed by atoms with E-state index >= 15 is 0 Å². The van der Waals surface area contributed by atoms with E-state index in [9.17, 15) is 9.90 Å². The number of anilines is 1. The third-order valence-corrected chi connectivity index (χ3v) is 2.95. The van der Waals surface area contributed by atoms with Gasteiger partial charge in [-0.15, -0.1) is 0 Å². The van der Waals surface area contributed by atoms with Gasteiger partial charge in [0.1, 0.15) is 17.4 Å². The highest BCUT2D eigenvalue weighted by Gasteiger charge is 2.37. The van der Waals surface area contributed by atoms with E-state index in [1.807, 2.05) is 45.0 Å². The average Bonchev–Trinajstić information content (AvgIpc) is 2.65. The number of ether oxygens (including phenoxy) is 1. The molecule has 102 valence electrons. The van der Waals surface area contributed by atoms with E-state index in [1.165, 1.54) is 4.90 Å². The zero-order valence-corrected chi connectivity index (χ0v) is 11.5. The van der Waals surface area contributed by atoms with Gasteiger partial charge >= 0.3 is 6.09 Å². The quantitative estimate of drug-likeness (QED) is 0.788. The van der Waals surface area contributed by atoms with Crippen molar-refractivity contribution < 1.29 is 14.6 Å². The molecule has 0 fully saturated rings. The molecule has 0 aromatic heterocycles. The summed E-state index contributed by atoms with van der Waals surface area (Å²) in [6, 6.07) is 7.11. The lowest BCUT2D eigenvalue weighted by Gasteiger charge is -2.28. The molecular weight excluding hydrogens is 242 g/mol. The predicted octanol–water partition coefficient (Wildman–Crippen LogP) is 3.42. The molecule has 1 aliphatic heterocycles. The third-order valence-electron chi connectivity index (χ3n) is 2.95. The Morgan fingerprint density at radius 2 is 2.05 bits per heavy atom. The number of aliphatic hydroxyl groups excluding tert-OH is 1. The summed E-state index contributed by atoms with van der Waals surface area (Å²) < 4.78 is 5.39. The second kappa shape index (κ2) is 4.61. The Kier molecular flexibility index (Phi) is 3.27. The number of hydrogen-bond acceptors (Lipinski definition) is 3. The fraction of sp³-hybridized carbons (Fsp3) is 0.400. The molecule has 1 aliphatic rings. The van der Waals surface area contributed by atoms with Gasteiger partial charge in [-0.2, -0.15) is 0 Å². The summed E-state index contributed by atoms with van der Waals surface area (Å²) in [5.41, 5.74) is 1.21. The van der Waals surface area contributed by atoms with E-state index in [0.717, 1.165) is 11.3 Å². The second-order valence-electron chi connectivity index (χ2n) is 5.69. The lowest BCUT2D eigenvalue weighted by atomic mass is 10.1. The minimum absolute atomic E-state index is 0.0259. The first-order valence-corrected chi connectivity index (χ1v) is 6.27. The Morgan fingerprint density at radius 1 is 1.42 bits per heavy atom. The maximum absolute atomic E-state index is 12.3. The van der Waals surface area contributed by atoms with Crippen molar-refractivity contribution in [3.63, 3.8) is 0 Å². The van der Waals surface area contributed by atoms with Crippen LogP contribution in [0.15, 0.2) is 36.6 Å². The topological polar surface area (TPSA) is 49.8 Å². The molecule has 2 rings (SSSR count). The first-order chi connectivity index (χ1) is 8.79. The molecule has 1 aromatic carbocycles. The van der Waals surface area contributed by atoms with Crippen LogP contribution in [-0.4, -0.2) is 22.8 Å². The lowest BCUT2D eigenvalue weighted by Crippen LogP contribution is -2.42. The van der Waals surface area contributed by atoms with Crippen molar-refractivity contribution in [1.29, 1.82) is 0 Å². The number of carbonyl (C=O) groups is 1. The Labute approximate surface area is 113 Å². The van der Waals surface area contributed by atoms with Gasteiger partial charge in [0.05, 0.1) is 5.69 Å². The maximum atomic E-state index is 12.3. The van der Waals surface area contributed by atoms with E-state index in [1.54, 1.807) is 0 Å². The van der Waals surface area contributed by atoms with Crippen LogP contribution in [0.5, 0.6) is 0 Å². The Morgan fingerprint density at radius 3 is 2.63 bits per heavy atom. The number of para-hydroxylation sites is 1. The molecule has 1 aromatic rings. The molecule has 0 bridgehead atoms. The first-order valence-electron chi connectivity index (χ1n) is 6.27.